The number of piperazine rings is 1. The molecule has 0 aromatic carbocycles. The third-order valence-corrected chi connectivity index (χ3v) is 6.25. The van der Waals surface area contributed by atoms with Crippen LogP contribution in [0.3, 0.4) is 0 Å². The van der Waals surface area contributed by atoms with Gasteiger partial charge in [0.25, 0.3) is 0 Å². The van der Waals surface area contributed by atoms with Gasteiger partial charge in [0.2, 0.25) is 15.8 Å². The number of hydrogen-bond donors (Lipinski definition) is 1. The van der Waals surface area contributed by atoms with Gasteiger partial charge < -0.3 is 14.4 Å². The maximum atomic E-state index is 12.6. The molecular formula is C14H20N2O5S. The smallest absolute Gasteiger partial charge is 0.371 e. The average Bonchev–Trinajstić information content (AvgIpc) is 3.18. The van der Waals surface area contributed by atoms with E-state index >= 15 is 0 Å². The molecule has 1 saturated heterocycles. The van der Waals surface area contributed by atoms with Crippen LogP contribution in [0.4, 0.5) is 0 Å². The van der Waals surface area contributed by atoms with Crippen molar-refractivity contribution in [1.82, 2.24) is 9.21 Å². The van der Waals surface area contributed by atoms with E-state index in [2.05, 4.69) is 4.90 Å². The summed E-state index contributed by atoms with van der Waals surface area (Å²) < 4.78 is 31.7. The van der Waals surface area contributed by atoms with Crippen molar-refractivity contribution in [3.8, 4) is 0 Å². The van der Waals surface area contributed by atoms with Crippen molar-refractivity contribution in [3.63, 3.8) is 0 Å². The molecule has 0 amide bonds. The molecule has 0 radical (unpaired) electrons. The summed E-state index contributed by atoms with van der Waals surface area (Å²) >= 11 is 0. The summed E-state index contributed by atoms with van der Waals surface area (Å²) in [6.45, 7) is 4.84. The van der Waals surface area contributed by atoms with Gasteiger partial charge >= 0.3 is 5.97 Å². The van der Waals surface area contributed by atoms with Gasteiger partial charge in [0.1, 0.15) is 10.7 Å². The first-order valence-corrected chi connectivity index (χ1v) is 8.88. The van der Waals surface area contributed by atoms with Gasteiger partial charge in [0, 0.05) is 38.8 Å². The molecule has 2 fully saturated rings. The zero-order valence-electron chi connectivity index (χ0n) is 12.5. The van der Waals surface area contributed by atoms with Crippen molar-refractivity contribution >= 4 is 16.0 Å². The summed E-state index contributed by atoms with van der Waals surface area (Å²) in [5, 5.41) is 8.91. The van der Waals surface area contributed by atoms with Crippen LogP contribution < -0.4 is 0 Å². The molecule has 122 valence electrons. The predicted octanol–water partition coefficient (Wildman–Crippen LogP) is 1.00. The largest absolute Gasteiger partial charge is 0.475 e. The van der Waals surface area contributed by atoms with E-state index in [4.69, 9.17) is 9.52 Å². The number of rotatable bonds is 5. The van der Waals surface area contributed by atoms with Crippen LogP contribution in [0.1, 0.15) is 29.2 Å². The monoisotopic (exact) mass is 328 g/mol. The van der Waals surface area contributed by atoms with Gasteiger partial charge in [-0.15, -0.1) is 0 Å². The van der Waals surface area contributed by atoms with E-state index in [0.29, 0.717) is 13.1 Å². The number of furan rings is 1. The van der Waals surface area contributed by atoms with Gasteiger partial charge in [0.15, 0.2) is 0 Å². The number of carboxylic acid groups (broad SMARTS) is 1. The Bertz CT molecular complexity index is 669. The topological polar surface area (TPSA) is 91.1 Å². The Hall–Kier alpha value is -1.38. The molecule has 1 aliphatic carbocycles. The minimum absolute atomic E-state index is 0.0412. The third-order valence-electron chi connectivity index (χ3n) is 4.25. The van der Waals surface area contributed by atoms with Gasteiger partial charge in [0.05, 0.1) is 0 Å². The Morgan fingerprint density at radius 3 is 2.45 bits per heavy atom. The number of hydrogen-bond acceptors (Lipinski definition) is 5. The van der Waals surface area contributed by atoms with E-state index in [1.807, 2.05) is 0 Å². The molecular weight excluding hydrogens is 308 g/mol. The fourth-order valence-corrected chi connectivity index (χ4v) is 4.37. The number of sulfonamides is 1. The van der Waals surface area contributed by atoms with Crippen molar-refractivity contribution in [2.24, 2.45) is 5.92 Å². The van der Waals surface area contributed by atoms with Gasteiger partial charge in [-0.1, -0.05) is 0 Å². The number of carboxylic acids is 1. The van der Waals surface area contributed by atoms with Gasteiger partial charge in [-0.25, -0.2) is 13.2 Å². The molecule has 8 heteroatoms. The molecule has 7 nitrogen and oxygen atoms in total. The lowest BCUT2D eigenvalue weighted by molar-refractivity contribution is 0.0661. The maximum Gasteiger partial charge on any atom is 0.371 e. The highest BCUT2D eigenvalue weighted by Gasteiger charge is 2.33. The van der Waals surface area contributed by atoms with Gasteiger partial charge in [-0.3, -0.25) is 0 Å². The summed E-state index contributed by atoms with van der Waals surface area (Å²) in [7, 11) is -3.69. The van der Waals surface area contributed by atoms with Crippen LogP contribution in [-0.4, -0.2) is 61.4 Å². The second-order valence-corrected chi connectivity index (χ2v) is 7.89. The van der Waals surface area contributed by atoms with E-state index in [9.17, 15) is 13.2 Å². The summed E-state index contributed by atoms with van der Waals surface area (Å²) in [5.41, 5.74) is 0. The van der Waals surface area contributed by atoms with Crippen LogP contribution >= 0.6 is 0 Å². The summed E-state index contributed by atoms with van der Waals surface area (Å²) in [5.74, 6) is -0.697. The Morgan fingerprint density at radius 2 is 1.95 bits per heavy atom. The first-order valence-electron chi connectivity index (χ1n) is 7.44. The maximum absolute atomic E-state index is 12.6. The SMILES string of the molecule is Cc1oc(C(=O)O)cc1S(=O)(=O)N1CCN(CC2CC2)CC1. The molecule has 1 aromatic heterocycles. The second kappa shape index (κ2) is 5.68. The van der Waals surface area contributed by atoms with Crippen molar-refractivity contribution < 1.29 is 22.7 Å². The molecule has 0 spiro atoms. The minimum atomic E-state index is -3.69. The molecule has 1 aromatic rings. The molecule has 1 saturated carbocycles. The normalized spacial score (nSPS) is 21.1. The summed E-state index contributed by atoms with van der Waals surface area (Å²) in [6, 6.07) is 1.10. The number of aryl methyl sites for hydroxylation is 1. The zero-order chi connectivity index (χ0) is 15.9. The van der Waals surface area contributed by atoms with Gasteiger partial charge in [-0.05, 0) is 25.7 Å². The van der Waals surface area contributed by atoms with Crippen molar-refractivity contribution in [2.45, 2.75) is 24.7 Å². The van der Waals surface area contributed by atoms with E-state index in [0.717, 1.165) is 31.6 Å². The molecule has 2 aliphatic rings. The van der Waals surface area contributed by atoms with Crippen LogP contribution in [0.25, 0.3) is 0 Å². The van der Waals surface area contributed by atoms with Crippen LogP contribution in [-0.2, 0) is 10.0 Å². The molecule has 2 heterocycles. The van der Waals surface area contributed by atoms with Crippen molar-refractivity contribution in [2.75, 3.05) is 32.7 Å². The molecule has 0 atom stereocenters. The second-order valence-electron chi connectivity index (χ2n) is 5.98. The molecule has 22 heavy (non-hydrogen) atoms. The fraction of sp³-hybridized carbons (Fsp3) is 0.643. The van der Waals surface area contributed by atoms with Crippen LogP contribution in [0.15, 0.2) is 15.4 Å². The summed E-state index contributed by atoms with van der Waals surface area (Å²) in [6.07, 6.45) is 2.56. The Morgan fingerprint density at radius 1 is 1.32 bits per heavy atom. The van der Waals surface area contributed by atoms with Crippen LogP contribution in [0.2, 0.25) is 0 Å². The first-order chi connectivity index (χ1) is 10.4. The highest BCUT2D eigenvalue weighted by molar-refractivity contribution is 7.89. The fourth-order valence-electron chi connectivity index (χ4n) is 2.78. The van der Waals surface area contributed by atoms with Crippen LogP contribution in [0, 0.1) is 12.8 Å². The highest BCUT2D eigenvalue weighted by atomic mass is 32.2. The average molecular weight is 328 g/mol. The number of aromatic carboxylic acids is 1. The molecule has 0 unspecified atom stereocenters. The van der Waals surface area contributed by atoms with E-state index in [1.165, 1.54) is 24.1 Å². The zero-order valence-corrected chi connectivity index (χ0v) is 13.3. The van der Waals surface area contributed by atoms with Crippen molar-refractivity contribution in [1.29, 1.82) is 0 Å². The number of nitrogens with zero attached hydrogens (tertiary/aromatic N) is 2. The molecule has 3 rings (SSSR count). The van der Waals surface area contributed by atoms with Gasteiger partial charge in [-0.2, -0.15) is 4.31 Å². The van der Waals surface area contributed by atoms with Crippen LogP contribution in [0.5, 0.6) is 0 Å². The first kappa shape index (κ1) is 15.5. The predicted molar refractivity (Wildman–Crippen MR) is 78.3 cm³/mol. The third kappa shape index (κ3) is 3.04. The van der Waals surface area contributed by atoms with E-state index < -0.39 is 16.0 Å². The van der Waals surface area contributed by atoms with E-state index in [1.54, 1.807) is 0 Å². The lowest BCUT2D eigenvalue weighted by Gasteiger charge is -2.33. The standard InChI is InChI=1S/C14H20N2O5S/c1-10-13(8-12(21-10)14(17)18)22(19,20)16-6-4-15(5-7-16)9-11-2-3-11/h8,11H,2-7,9H2,1H3,(H,17,18). The Labute approximate surface area is 129 Å². The lowest BCUT2D eigenvalue weighted by atomic mass is 10.3. The quantitative estimate of drug-likeness (QED) is 0.867. The summed E-state index contributed by atoms with van der Waals surface area (Å²) in [4.78, 5) is 13.2. The Balaban J connectivity index is 1.71. The van der Waals surface area contributed by atoms with E-state index in [-0.39, 0.29) is 16.4 Å². The highest BCUT2D eigenvalue weighted by Crippen LogP contribution is 2.30. The Kier molecular flexibility index (Phi) is 4.00. The van der Waals surface area contributed by atoms with Crippen molar-refractivity contribution in [3.05, 3.63) is 17.6 Å². The molecule has 1 aliphatic heterocycles. The number of carbonyl (C=O) groups is 1. The lowest BCUT2D eigenvalue weighted by Crippen LogP contribution is -2.49. The minimum Gasteiger partial charge on any atom is -0.475 e. The molecule has 0 bridgehead atoms. The molecule has 1 N–H and O–H groups in total.